The van der Waals surface area contributed by atoms with Crippen LogP contribution in [0.25, 0.3) is 0 Å². The minimum atomic E-state index is -0.921. The normalized spacial score (nSPS) is 40.4. The molecule has 3 aliphatic rings. The molecular weight excluding hydrogens is 360 g/mol. The minimum Gasteiger partial charge on any atom is -0.472 e. The predicted molar refractivity (Wildman–Crippen MR) is 99.3 cm³/mol. The van der Waals surface area contributed by atoms with Crippen LogP contribution in [0.15, 0.2) is 23.0 Å². The largest absolute Gasteiger partial charge is 0.472 e. The van der Waals surface area contributed by atoms with Gasteiger partial charge in [0.25, 0.3) is 0 Å². The second-order valence-corrected chi connectivity index (χ2v) is 9.20. The van der Waals surface area contributed by atoms with E-state index in [0.717, 1.165) is 19.3 Å². The molecule has 2 saturated carbocycles. The molecule has 0 radical (unpaired) electrons. The summed E-state index contributed by atoms with van der Waals surface area (Å²) in [4.78, 5) is 37.9. The lowest BCUT2D eigenvalue weighted by Crippen LogP contribution is -2.62. The van der Waals surface area contributed by atoms with Gasteiger partial charge in [0.1, 0.15) is 12.4 Å². The number of rotatable bonds is 4. The molecule has 1 aromatic heterocycles. The first-order valence-electron chi connectivity index (χ1n) is 10.1. The lowest BCUT2D eigenvalue weighted by atomic mass is 9.43. The first-order valence-corrected chi connectivity index (χ1v) is 10.1. The van der Waals surface area contributed by atoms with E-state index in [1.807, 2.05) is 0 Å². The molecule has 0 spiro atoms. The molecular formula is C22H28O6. The van der Waals surface area contributed by atoms with Crippen LogP contribution in [-0.4, -0.2) is 29.9 Å². The number of ether oxygens (including phenoxy) is 2. The number of hydrogen-bond donors (Lipinski definition) is 0. The molecule has 0 N–H and O–H groups in total. The molecule has 4 rings (SSSR count). The molecule has 6 nitrogen and oxygen atoms in total. The third-order valence-corrected chi connectivity index (χ3v) is 8.00. The molecule has 1 saturated heterocycles. The number of carbonyl (C=O) groups is 3. The second kappa shape index (κ2) is 6.46. The van der Waals surface area contributed by atoms with E-state index in [-0.39, 0.29) is 41.0 Å². The SMILES string of the molecule is CC(=O)OC(C(=O)c1ccoc1)[C@]1(C)[C@H](C)C[C@@H]2OC(=O)[C@@H]3CCC[C@H]1[C@@]23C. The Hall–Kier alpha value is -2.11. The number of ketones is 1. The fraction of sp³-hybridized carbons (Fsp3) is 0.682. The molecule has 0 aromatic carbocycles. The van der Waals surface area contributed by atoms with Gasteiger partial charge in [0.05, 0.1) is 17.7 Å². The fourth-order valence-corrected chi connectivity index (χ4v) is 6.39. The van der Waals surface area contributed by atoms with Gasteiger partial charge in [-0.25, -0.2) is 0 Å². The summed E-state index contributed by atoms with van der Waals surface area (Å²) in [6.45, 7) is 7.60. The standard InChI is InChI=1S/C22H28O6/c1-12-10-17-22(4)15(20(25)28-17)6-5-7-16(22)21(12,3)19(27-13(2)23)18(24)14-8-9-26-11-14/h8-9,11-12,15-17,19H,5-7,10H2,1-4H3/t12-,15+,16-,17+,19?,21-,22+/m1/s1. The van der Waals surface area contributed by atoms with Crippen molar-refractivity contribution in [1.29, 1.82) is 0 Å². The summed E-state index contributed by atoms with van der Waals surface area (Å²) >= 11 is 0. The topological polar surface area (TPSA) is 82.8 Å². The van der Waals surface area contributed by atoms with Crippen LogP contribution >= 0.6 is 0 Å². The fourth-order valence-electron chi connectivity index (χ4n) is 6.39. The summed E-state index contributed by atoms with van der Waals surface area (Å²) in [6, 6.07) is 1.60. The smallest absolute Gasteiger partial charge is 0.309 e. The van der Waals surface area contributed by atoms with Gasteiger partial charge in [-0.1, -0.05) is 27.2 Å². The van der Waals surface area contributed by atoms with Crippen LogP contribution < -0.4 is 0 Å². The molecule has 2 aliphatic carbocycles. The molecule has 1 unspecified atom stereocenters. The summed E-state index contributed by atoms with van der Waals surface area (Å²) < 4.78 is 16.6. The quantitative estimate of drug-likeness (QED) is 0.576. The van der Waals surface area contributed by atoms with Crippen LogP contribution in [0.4, 0.5) is 0 Å². The average Bonchev–Trinajstić information content (AvgIpc) is 3.25. The zero-order chi connectivity index (χ0) is 20.3. The molecule has 0 amide bonds. The second-order valence-electron chi connectivity index (χ2n) is 9.20. The summed E-state index contributed by atoms with van der Waals surface area (Å²) in [7, 11) is 0. The molecule has 152 valence electrons. The Labute approximate surface area is 164 Å². The molecule has 3 fully saturated rings. The third kappa shape index (κ3) is 2.49. The molecule has 1 aromatic rings. The number of hydrogen-bond acceptors (Lipinski definition) is 6. The van der Waals surface area contributed by atoms with Crippen molar-refractivity contribution in [3.8, 4) is 0 Å². The number of Topliss-reactive ketones (excluding diaryl/α,β-unsaturated/α-hetero) is 1. The molecule has 28 heavy (non-hydrogen) atoms. The van der Waals surface area contributed by atoms with Gasteiger partial charge in [0, 0.05) is 17.8 Å². The molecule has 7 atom stereocenters. The van der Waals surface area contributed by atoms with Gasteiger partial charge in [-0.15, -0.1) is 0 Å². The van der Waals surface area contributed by atoms with Crippen molar-refractivity contribution >= 4 is 17.7 Å². The van der Waals surface area contributed by atoms with E-state index in [2.05, 4.69) is 20.8 Å². The van der Waals surface area contributed by atoms with Gasteiger partial charge in [-0.05, 0) is 37.2 Å². The van der Waals surface area contributed by atoms with Crippen LogP contribution in [0.2, 0.25) is 0 Å². The summed E-state index contributed by atoms with van der Waals surface area (Å²) in [5.41, 5.74) is -0.540. The van der Waals surface area contributed by atoms with Gasteiger partial charge in [-0.3, -0.25) is 14.4 Å². The van der Waals surface area contributed by atoms with Crippen LogP contribution in [0.3, 0.4) is 0 Å². The van der Waals surface area contributed by atoms with Gasteiger partial charge < -0.3 is 13.9 Å². The predicted octanol–water partition coefficient (Wildman–Crippen LogP) is 3.79. The highest BCUT2D eigenvalue weighted by Crippen LogP contribution is 2.66. The van der Waals surface area contributed by atoms with E-state index in [0.29, 0.717) is 12.0 Å². The summed E-state index contributed by atoms with van der Waals surface area (Å²) in [6.07, 6.45) is 5.06. The Morgan fingerprint density at radius 2 is 2.04 bits per heavy atom. The number of esters is 2. The lowest BCUT2D eigenvalue weighted by molar-refractivity contribution is -0.184. The van der Waals surface area contributed by atoms with Crippen molar-refractivity contribution in [2.24, 2.45) is 28.6 Å². The molecule has 0 bridgehead atoms. The highest BCUT2D eigenvalue weighted by atomic mass is 16.6. The molecule has 1 aliphatic heterocycles. The van der Waals surface area contributed by atoms with Crippen LogP contribution in [0.1, 0.15) is 63.7 Å². The lowest BCUT2D eigenvalue weighted by Gasteiger charge is -2.60. The average molecular weight is 388 g/mol. The highest BCUT2D eigenvalue weighted by molar-refractivity contribution is 6.00. The maximum absolute atomic E-state index is 13.4. The minimum absolute atomic E-state index is 0.0409. The Balaban J connectivity index is 1.81. The Morgan fingerprint density at radius 3 is 2.68 bits per heavy atom. The molecule has 6 heteroatoms. The van der Waals surface area contributed by atoms with Gasteiger partial charge in [-0.2, -0.15) is 0 Å². The number of furan rings is 1. The van der Waals surface area contributed by atoms with Crippen molar-refractivity contribution in [2.75, 3.05) is 0 Å². The van der Waals surface area contributed by atoms with Crippen LogP contribution in [0.5, 0.6) is 0 Å². The van der Waals surface area contributed by atoms with Crippen molar-refractivity contribution in [3.05, 3.63) is 24.2 Å². The van der Waals surface area contributed by atoms with E-state index in [1.54, 1.807) is 6.07 Å². The van der Waals surface area contributed by atoms with E-state index in [9.17, 15) is 14.4 Å². The van der Waals surface area contributed by atoms with Gasteiger partial charge >= 0.3 is 11.9 Å². The highest BCUT2D eigenvalue weighted by Gasteiger charge is 2.69. The zero-order valence-corrected chi connectivity index (χ0v) is 16.9. The maximum Gasteiger partial charge on any atom is 0.309 e. The third-order valence-electron chi connectivity index (χ3n) is 8.00. The van der Waals surface area contributed by atoms with Gasteiger partial charge in [0.15, 0.2) is 6.10 Å². The van der Waals surface area contributed by atoms with Crippen LogP contribution in [-0.2, 0) is 19.1 Å². The Morgan fingerprint density at radius 1 is 1.29 bits per heavy atom. The molecule has 2 heterocycles. The number of carbonyl (C=O) groups excluding carboxylic acids is 3. The van der Waals surface area contributed by atoms with Crippen molar-refractivity contribution in [2.45, 2.75) is 65.6 Å². The summed E-state index contributed by atoms with van der Waals surface area (Å²) in [5.74, 6) is -0.898. The maximum atomic E-state index is 13.4. The van der Waals surface area contributed by atoms with Crippen molar-refractivity contribution in [3.63, 3.8) is 0 Å². The summed E-state index contributed by atoms with van der Waals surface area (Å²) in [5, 5.41) is 0. The Bertz CT molecular complexity index is 798. The monoisotopic (exact) mass is 388 g/mol. The van der Waals surface area contributed by atoms with E-state index >= 15 is 0 Å². The van der Waals surface area contributed by atoms with Crippen molar-refractivity contribution in [1.82, 2.24) is 0 Å². The van der Waals surface area contributed by atoms with Crippen molar-refractivity contribution < 1.29 is 28.3 Å². The first-order chi connectivity index (χ1) is 13.2. The zero-order valence-electron chi connectivity index (χ0n) is 16.9. The van der Waals surface area contributed by atoms with E-state index in [4.69, 9.17) is 13.9 Å². The van der Waals surface area contributed by atoms with Crippen LogP contribution in [0, 0.1) is 28.6 Å². The van der Waals surface area contributed by atoms with E-state index in [1.165, 1.54) is 19.5 Å². The van der Waals surface area contributed by atoms with E-state index < -0.39 is 17.5 Å². The van der Waals surface area contributed by atoms with Gasteiger partial charge in [0.2, 0.25) is 5.78 Å². The Kier molecular flexibility index (Phi) is 4.43. The first kappa shape index (κ1) is 19.2.